The van der Waals surface area contributed by atoms with Crippen LogP contribution in [0, 0.1) is 46.3 Å². The fraction of sp³-hybridized carbons (Fsp3) is 0.926. The Balaban J connectivity index is 1.50. The second-order valence-corrected chi connectivity index (χ2v) is 12.0. The van der Waals surface area contributed by atoms with E-state index in [1.165, 1.54) is 57.8 Å². The fourth-order valence-corrected chi connectivity index (χ4v) is 8.84. The number of fused-ring (bicyclic) bond motifs is 5. The minimum Gasteiger partial charge on any atom is -0.396 e. The molecule has 3 fully saturated rings. The van der Waals surface area contributed by atoms with Crippen LogP contribution < -0.4 is 0 Å². The quantitative estimate of drug-likeness (QED) is 0.507. The molecule has 1 unspecified atom stereocenters. The number of aliphatic hydroxyl groups is 2. The highest BCUT2D eigenvalue weighted by Gasteiger charge is 2.61. The average Bonchev–Trinajstić information content (AvgIpc) is 2.97. The smallest absolute Gasteiger partial charge is 0.0579 e. The lowest BCUT2D eigenvalue weighted by atomic mass is 9.47. The lowest BCUT2D eigenvalue weighted by Crippen LogP contribution is -2.50. The van der Waals surface area contributed by atoms with Gasteiger partial charge in [-0.1, -0.05) is 58.6 Å². The largest absolute Gasteiger partial charge is 0.396 e. The number of rotatable bonds is 6. The van der Waals surface area contributed by atoms with Crippen LogP contribution in [0.2, 0.25) is 0 Å². The van der Waals surface area contributed by atoms with Crippen molar-refractivity contribution in [2.75, 3.05) is 6.61 Å². The molecular weight excluding hydrogens is 356 g/mol. The molecule has 0 amide bonds. The Bertz CT molecular complexity index is 612. The Hall–Kier alpha value is -0.340. The van der Waals surface area contributed by atoms with E-state index < -0.39 is 0 Å². The maximum absolute atomic E-state index is 11.2. The summed E-state index contributed by atoms with van der Waals surface area (Å²) in [5, 5.41) is 20.6. The molecule has 3 saturated carbocycles. The molecule has 0 aromatic heterocycles. The summed E-state index contributed by atoms with van der Waals surface area (Å²) in [6.45, 7) is 9.98. The molecule has 2 nitrogen and oxygen atoms in total. The van der Waals surface area contributed by atoms with E-state index in [0.29, 0.717) is 41.1 Å². The van der Waals surface area contributed by atoms with Crippen molar-refractivity contribution in [1.82, 2.24) is 0 Å². The molecule has 2 N–H and O–H groups in total. The number of hydrogen-bond acceptors (Lipinski definition) is 2. The van der Waals surface area contributed by atoms with Gasteiger partial charge in [0.15, 0.2) is 0 Å². The van der Waals surface area contributed by atoms with E-state index in [2.05, 4.69) is 33.8 Å². The summed E-state index contributed by atoms with van der Waals surface area (Å²) < 4.78 is 0. The van der Waals surface area contributed by atoms with Crippen LogP contribution in [0.3, 0.4) is 0 Å². The standard InChI is InChI=1S/C27H46O2/c1-18(17-28)8-7-9-19(2)25-24(29)16-23-21-12-11-20-10-5-6-14-26(20,3)22(21)13-15-27(23,25)4/h11,18-19,21-25,28-29H,5-10,12-17H2,1-4H3/t18-,19-,21-,22+,23+,24+,25?,26+,27+/m1/s1. The van der Waals surface area contributed by atoms with Crippen molar-refractivity contribution in [3.63, 3.8) is 0 Å². The topological polar surface area (TPSA) is 40.5 Å². The molecule has 4 rings (SSSR count). The van der Waals surface area contributed by atoms with Gasteiger partial charge in [0, 0.05) is 6.61 Å². The fourth-order valence-electron chi connectivity index (χ4n) is 8.84. The van der Waals surface area contributed by atoms with Crippen LogP contribution in [0.4, 0.5) is 0 Å². The van der Waals surface area contributed by atoms with E-state index in [4.69, 9.17) is 0 Å². The molecule has 166 valence electrons. The maximum atomic E-state index is 11.2. The van der Waals surface area contributed by atoms with Gasteiger partial charge in [0.2, 0.25) is 0 Å². The van der Waals surface area contributed by atoms with Gasteiger partial charge in [-0.15, -0.1) is 0 Å². The van der Waals surface area contributed by atoms with Gasteiger partial charge >= 0.3 is 0 Å². The van der Waals surface area contributed by atoms with Gasteiger partial charge in [-0.25, -0.2) is 0 Å². The Labute approximate surface area is 179 Å². The van der Waals surface area contributed by atoms with Crippen LogP contribution in [0.5, 0.6) is 0 Å². The van der Waals surface area contributed by atoms with Gasteiger partial charge in [-0.05, 0) is 97.7 Å². The third-order valence-electron chi connectivity index (χ3n) is 10.4. The molecule has 0 aromatic rings. The van der Waals surface area contributed by atoms with Crippen LogP contribution in [-0.2, 0) is 0 Å². The van der Waals surface area contributed by atoms with Crippen molar-refractivity contribution < 1.29 is 10.2 Å². The van der Waals surface area contributed by atoms with E-state index in [0.717, 1.165) is 24.7 Å². The van der Waals surface area contributed by atoms with Crippen LogP contribution in [0.1, 0.15) is 98.3 Å². The highest BCUT2D eigenvalue weighted by molar-refractivity contribution is 5.24. The van der Waals surface area contributed by atoms with E-state index in [9.17, 15) is 10.2 Å². The zero-order chi connectivity index (χ0) is 20.8. The maximum Gasteiger partial charge on any atom is 0.0579 e. The monoisotopic (exact) mass is 402 g/mol. The Morgan fingerprint density at radius 3 is 2.66 bits per heavy atom. The molecule has 0 aromatic carbocycles. The molecule has 0 aliphatic heterocycles. The van der Waals surface area contributed by atoms with Crippen LogP contribution in [0.15, 0.2) is 11.6 Å². The summed E-state index contributed by atoms with van der Waals surface area (Å²) in [5.74, 6) is 3.81. The molecule has 29 heavy (non-hydrogen) atoms. The molecule has 0 bridgehead atoms. The zero-order valence-electron chi connectivity index (χ0n) is 19.5. The highest BCUT2D eigenvalue weighted by Crippen LogP contribution is 2.67. The summed E-state index contributed by atoms with van der Waals surface area (Å²) in [5.41, 5.74) is 2.56. The van der Waals surface area contributed by atoms with Crippen molar-refractivity contribution in [2.24, 2.45) is 46.3 Å². The molecular formula is C27H46O2. The molecule has 9 atom stereocenters. The summed E-state index contributed by atoms with van der Waals surface area (Å²) in [6, 6.07) is 0. The second-order valence-electron chi connectivity index (χ2n) is 12.0. The Morgan fingerprint density at radius 1 is 1.10 bits per heavy atom. The molecule has 0 radical (unpaired) electrons. The second kappa shape index (κ2) is 8.30. The third kappa shape index (κ3) is 3.65. The zero-order valence-corrected chi connectivity index (χ0v) is 19.5. The van der Waals surface area contributed by atoms with E-state index in [-0.39, 0.29) is 6.10 Å². The summed E-state index contributed by atoms with van der Waals surface area (Å²) in [4.78, 5) is 0. The first-order chi connectivity index (χ1) is 13.8. The molecule has 0 spiro atoms. The van der Waals surface area contributed by atoms with Gasteiger partial charge < -0.3 is 10.2 Å². The first-order valence-electron chi connectivity index (χ1n) is 12.8. The van der Waals surface area contributed by atoms with Crippen LogP contribution in [-0.4, -0.2) is 22.9 Å². The normalized spacial score (nSPS) is 46.3. The number of hydrogen-bond donors (Lipinski definition) is 2. The van der Waals surface area contributed by atoms with E-state index in [1.54, 1.807) is 5.57 Å². The molecule has 4 aliphatic rings. The lowest BCUT2D eigenvalue weighted by Gasteiger charge is -2.58. The minimum absolute atomic E-state index is 0.112. The van der Waals surface area contributed by atoms with Gasteiger partial charge in [0.25, 0.3) is 0 Å². The first kappa shape index (κ1) is 21.9. The average molecular weight is 403 g/mol. The Kier molecular flexibility index (Phi) is 6.26. The first-order valence-corrected chi connectivity index (χ1v) is 12.8. The van der Waals surface area contributed by atoms with E-state index >= 15 is 0 Å². The SMILES string of the molecule is C[C@@H](CO)CCC[C@@H](C)C1[C@@H](O)C[C@H]2[C@@H]3CC=C4CCCC[C@]4(C)[C@H]3CC[C@]12C. The van der Waals surface area contributed by atoms with Crippen molar-refractivity contribution in [2.45, 2.75) is 104 Å². The van der Waals surface area contributed by atoms with Crippen LogP contribution in [0.25, 0.3) is 0 Å². The van der Waals surface area contributed by atoms with Gasteiger partial charge in [0.05, 0.1) is 6.10 Å². The third-order valence-corrected chi connectivity index (χ3v) is 10.4. The van der Waals surface area contributed by atoms with Crippen molar-refractivity contribution in [1.29, 1.82) is 0 Å². The van der Waals surface area contributed by atoms with Gasteiger partial charge in [-0.2, -0.15) is 0 Å². The Morgan fingerprint density at radius 2 is 1.90 bits per heavy atom. The predicted octanol–water partition coefficient (Wildman–Crippen LogP) is 6.36. The lowest BCUT2D eigenvalue weighted by molar-refractivity contribution is -0.0559. The van der Waals surface area contributed by atoms with Gasteiger partial charge in [-0.3, -0.25) is 0 Å². The van der Waals surface area contributed by atoms with Gasteiger partial charge in [0.1, 0.15) is 0 Å². The molecule has 2 heteroatoms. The number of allylic oxidation sites excluding steroid dienone is 2. The van der Waals surface area contributed by atoms with Crippen molar-refractivity contribution in [3.8, 4) is 0 Å². The minimum atomic E-state index is -0.112. The van der Waals surface area contributed by atoms with Crippen molar-refractivity contribution >= 4 is 0 Å². The molecule has 0 saturated heterocycles. The van der Waals surface area contributed by atoms with Crippen LogP contribution >= 0.6 is 0 Å². The molecule has 4 aliphatic carbocycles. The predicted molar refractivity (Wildman–Crippen MR) is 120 cm³/mol. The number of aliphatic hydroxyl groups excluding tert-OH is 2. The summed E-state index contributed by atoms with van der Waals surface area (Å²) in [7, 11) is 0. The highest BCUT2D eigenvalue weighted by atomic mass is 16.3. The van der Waals surface area contributed by atoms with Crippen molar-refractivity contribution in [3.05, 3.63) is 11.6 Å². The van der Waals surface area contributed by atoms with E-state index in [1.807, 2.05) is 0 Å². The molecule has 0 heterocycles. The summed E-state index contributed by atoms with van der Waals surface area (Å²) >= 11 is 0. The summed E-state index contributed by atoms with van der Waals surface area (Å²) in [6.07, 6.45) is 16.6.